The number of tetrazole rings is 1. The van der Waals surface area contributed by atoms with E-state index in [0.717, 1.165) is 31.5 Å². The lowest BCUT2D eigenvalue weighted by atomic mass is 10.0. The van der Waals surface area contributed by atoms with Gasteiger partial charge in [-0.3, -0.25) is 4.79 Å². The van der Waals surface area contributed by atoms with Crippen LogP contribution >= 0.6 is 0 Å². The van der Waals surface area contributed by atoms with E-state index in [2.05, 4.69) is 15.5 Å². The molecule has 0 radical (unpaired) electrons. The predicted octanol–water partition coefficient (Wildman–Crippen LogP) is 2.56. The second-order valence-electron chi connectivity index (χ2n) is 6.47. The molecule has 0 spiro atoms. The van der Waals surface area contributed by atoms with Crippen molar-refractivity contribution in [2.24, 2.45) is 0 Å². The summed E-state index contributed by atoms with van der Waals surface area (Å²) in [7, 11) is 0. The Hall–Kier alpha value is -2.24. The van der Waals surface area contributed by atoms with Crippen molar-refractivity contribution >= 4 is 5.91 Å². The fourth-order valence-electron chi connectivity index (χ4n) is 3.32. The largest absolute Gasteiger partial charge is 0.341 e. The maximum absolute atomic E-state index is 13.2. The topological polar surface area (TPSA) is 63.9 Å². The monoisotopic (exact) mass is 327 g/mol. The second-order valence-corrected chi connectivity index (χ2v) is 6.47. The Morgan fingerprint density at radius 1 is 1.08 bits per heavy atom. The van der Waals surface area contributed by atoms with E-state index < -0.39 is 0 Å². The number of hydrogen-bond acceptors (Lipinski definition) is 4. The van der Waals surface area contributed by atoms with Crippen LogP contribution in [-0.2, 0) is 11.2 Å². The van der Waals surface area contributed by atoms with Crippen molar-refractivity contribution in [3.8, 4) is 0 Å². The van der Waals surface area contributed by atoms with Crippen molar-refractivity contribution in [2.75, 3.05) is 13.1 Å². The Morgan fingerprint density at radius 3 is 2.38 bits per heavy atom. The van der Waals surface area contributed by atoms with E-state index in [9.17, 15) is 4.79 Å². The van der Waals surface area contributed by atoms with Gasteiger partial charge in [0, 0.05) is 19.5 Å². The van der Waals surface area contributed by atoms with Crippen LogP contribution in [-0.4, -0.2) is 44.1 Å². The third-order valence-corrected chi connectivity index (χ3v) is 4.68. The number of benzene rings is 1. The highest BCUT2D eigenvalue weighted by Crippen LogP contribution is 2.20. The van der Waals surface area contributed by atoms with Gasteiger partial charge in [-0.15, -0.1) is 5.10 Å². The molecule has 6 heteroatoms. The minimum absolute atomic E-state index is 0.135. The number of likely N-dealkylation sites (tertiary alicyclic amines) is 1. The number of nitrogens with zero attached hydrogens (tertiary/aromatic N) is 5. The molecule has 1 aromatic heterocycles. The fourth-order valence-corrected chi connectivity index (χ4v) is 3.32. The average molecular weight is 327 g/mol. The third-order valence-electron chi connectivity index (χ3n) is 4.68. The molecule has 128 valence electrons. The van der Waals surface area contributed by atoms with Crippen LogP contribution in [0.25, 0.3) is 0 Å². The number of rotatable bonds is 4. The Labute approximate surface area is 142 Å². The standard InChI is InChI=1S/C18H25N5O/c1-15-19-20-21-23(15)17(14-16-10-6-5-7-11-16)18(24)22-12-8-3-2-4-9-13-22/h5-7,10-11,17H,2-4,8-9,12-14H2,1H3/t17-/m0/s1. The first-order valence-corrected chi connectivity index (χ1v) is 8.83. The number of amides is 1. The fraction of sp³-hybridized carbons (Fsp3) is 0.556. The molecule has 0 bridgehead atoms. The smallest absolute Gasteiger partial charge is 0.247 e. The van der Waals surface area contributed by atoms with E-state index in [-0.39, 0.29) is 11.9 Å². The molecule has 0 saturated carbocycles. The van der Waals surface area contributed by atoms with E-state index in [1.54, 1.807) is 4.68 Å². The molecule has 3 rings (SSSR count). The van der Waals surface area contributed by atoms with Gasteiger partial charge in [0.05, 0.1) is 0 Å². The minimum atomic E-state index is -0.373. The molecule has 6 nitrogen and oxygen atoms in total. The highest BCUT2D eigenvalue weighted by Gasteiger charge is 2.28. The second kappa shape index (κ2) is 8.04. The molecule has 2 aromatic rings. The van der Waals surface area contributed by atoms with E-state index in [0.29, 0.717) is 12.2 Å². The van der Waals surface area contributed by atoms with Gasteiger partial charge in [-0.05, 0) is 35.8 Å². The summed E-state index contributed by atoms with van der Waals surface area (Å²) in [6.45, 7) is 3.52. The summed E-state index contributed by atoms with van der Waals surface area (Å²) < 4.78 is 1.67. The summed E-state index contributed by atoms with van der Waals surface area (Å²) in [4.78, 5) is 15.2. The molecule has 2 heterocycles. The van der Waals surface area contributed by atoms with Gasteiger partial charge in [-0.1, -0.05) is 49.6 Å². The van der Waals surface area contributed by atoms with Gasteiger partial charge in [0.1, 0.15) is 11.9 Å². The van der Waals surface area contributed by atoms with Crippen LogP contribution in [0.5, 0.6) is 0 Å². The van der Waals surface area contributed by atoms with Crippen LogP contribution in [0.3, 0.4) is 0 Å². The van der Waals surface area contributed by atoms with Crippen molar-refractivity contribution in [1.29, 1.82) is 0 Å². The molecule has 1 amide bonds. The third kappa shape index (κ3) is 3.99. The quantitative estimate of drug-likeness (QED) is 0.866. The van der Waals surface area contributed by atoms with Gasteiger partial charge in [0.2, 0.25) is 5.91 Å². The Balaban J connectivity index is 1.83. The summed E-state index contributed by atoms with van der Waals surface area (Å²) in [6.07, 6.45) is 6.47. The number of aromatic nitrogens is 4. The van der Waals surface area contributed by atoms with Crippen molar-refractivity contribution in [3.05, 3.63) is 41.7 Å². The highest BCUT2D eigenvalue weighted by atomic mass is 16.2. The van der Waals surface area contributed by atoms with E-state index >= 15 is 0 Å². The number of hydrogen-bond donors (Lipinski definition) is 0. The van der Waals surface area contributed by atoms with Crippen molar-refractivity contribution in [1.82, 2.24) is 25.1 Å². The summed E-state index contributed by atoms with van der Waals surface area (Å²) >= 11 is 0. The Bertz CT molecular complexity index is 646. The zero-order chi connectivity index (χ0) is 16.8. The van der Waals surface area contributed by atoms with Crippen LogP contribution < -0.4 is 0 Å². The first-order chi connectivity index (χ1) is 11.8. The van der Waals surface area contributed by atoms with E-state index in [1.807, 2.05) is 42.2 Å². The Morgan fingerprint density at radius 2 is 1.75 bits per heavy atom. The predicted molar refractivity (Wildman–Crippen MR) is 91.4 cm³/mol. The molecule has 0 aliphatic carbocycles. The summed E-state index contributed by atoms with van der Waals surface area (Å²) in [5, 5.41) is 11.8. The molecule has 24 heavy (non-hydrogen) atoms. The van der Waals surface area contributed by atoms with Gasteiger partial charge in [-0.25, -0.2) is 4.68 Å². The van der Waals surface area contributed by atoms with Gasteiger partial charge in [-0.2, -0.15) is 0 Å². The lowest BCUT2D eigenvalue weighted by Crippen LogP contribution is -2.40. The molecule has 1 saturated heterocycles. The molecular formula is C18H25N5O. The number of aryl methyl sites for hydroxylation is 1. The Kier molecular flexibility index (Phi) is 5.56. The molecule has 1 aliphatic rings. The van der Waals surface area contributed by atoms with Crippen LogP contribution in [0.4, 0.5) is 0 Å². The summed E-state index contributed by atoms with van der Waals surface area (Å²) in [5.41, 5.74) is 1.12. The first kappa shape index (κ1) is 16.6. The van der Waals surface area contributed by atoms with Crippen LogP contribution in [0.1, 0.15) is 49.5 Å². The molecule has 1 fully saturated rings. The maximum atomic E-state index is 13.2. The highest BCUT2D eigenvalue weighted by molar-refractivity contribution is 5.80. The molecule has 1 aromatic carbocycles. The van der Waals surface area contributed by atoms with Crippen molar-refractivity contribution in [2.45, 2.75) is 51.5 Å². The number of carbonyl (C=O) groups excluding carboxylic acids is 1. The molecular weight excluding hydrogens is 302 g/mol. The summed E-state index contributed by atoms with van der Waals surface area (Å²) in [5.74, 6) is 0.812. The zero-order valence-corrected chi connectivity index (χ0v) is 14.3. The summed E-state index contributed by atoms with van der Waals surface area (Å²) in [6, 6.07) is 9.71. The molecule has 0 unspecified atom stereocenters. The SMILES string of the molecule is Cc1nnnn1[C@@H](Cc1ccccc1)C(=O)N1CCCCCCC1. The van der Waals surface area contributed by atoms with E-state index in [4.69, 9.17) is 0 Å². The van der Waals surface area contributed by atoms with Crippen LogP contribution in [0, 0.1) is 6.92 Å². The van der Waals surface area contributed by atoms with Gasteiger partial charge in [0.15, 0.2) is 0 Å². The molecule has 1 aliphatic heterocycles. The number of carbonyl (C=O) groups is 1. The molecule has 0 N–H and O–H groups in total. The van der Waals surface area contributed by atoms with Crippen molar-refractivity contribution < 1.29 is 4.79 Å². The lowest BCUT2D eigenvalue weighted by Gasteiger charge is -2.29. The average Bonchev–Trinajstić information content (AvgIpc) is 2.99. The first-order valence-electron chi connectivity index (χ1n) is 8.83. The zero-order valence-electron chi connectivity index (χ0n) is 14.3. The van der Waals surface area contributed by atoms with Crippen molar-refractivity contribution in [3.63, 3.8) is 0 Å². The van der Waals surface area contributed by atoms with Gasteiger partial charge >= 0.3 is 0 Å². The maximum Gasteiger partial charge on any atom is 0.247 e. The van der Waals surface area contributed by atoms with E-state index in [1.165, 1.54) is 19.3 Å². The lowest BCUT2D eigenvalue weighted by molar-refractivity contribution is -0.135. The normalized spacial score (nSPS) is 17.1. The van der Waals surface area contributed by atoms with Crippen LogP contribution in [0.2, 0.25) is 0 Å². The van der Waals surface area contributed by atoms with Gasteiger partial charge in [0.25, 0.3) is 0 Å². The molecule has 1 atom stereocenters. The van der Waals surface area contributed by atoms with Crippen LogP contribution in [0.15, 0.2) is 30.3 Å². The van der Waals surface area contributed by atoms with Gasteiger partial charge < -0.3 is 4.90 Å². The minimum Gasteiger partial charge on any atom is -0.341 e.